The molecule has 1 aromatic heterocycles. The predicted molar refractivity (Wildman–Crippen MR) is 142 cm³/mol. The third kappa shape index (κ3) is 7.31. The first kappa shape index (κ1) is 24.3. The maximum atomic E-state index is 12.0. The fraction of sp³-hybridized carbons (Fsp3) is 0.267. The number of nitrogens with zero attached hydrogens (tertiary/aromatic N) is 2. The second kappa shape index (κ2) is 12.6. The molecule has 0 spiro atoms. The molecule has 0 aliphatic heterocycles. The summed E-state index contributed by atoms with van der Waals surface area (Å²) in [7, 11) is 0. The molecule has 180 valence electrons. The van der Waals surface area contributed by atoms with Gasteiger partial charge >= 0.3 is 0 Å². The SMILES string of the molecule is Cc1cccc(OCCn2c(CCCCCNC(=O)/C=C/c3ccccc3)nc3ccccc32)c1. The number of aromatic nitrogens is 2. The van der Waals surface area contributed by atoms with Crippen LogP contribution in [0.5, 0.6) is 5.75 Å². The number of benzene rings is 3. The monoisotopic (exact) mass is 467 g/mol. The Hall–Kier alpha value is -3.86. The molecular formula is C30H33N3O2. The van der Waals surface area contributed by atoms with Crippen LogP contribution in [0, 0.1) is 6.92 Å². The number of hydrogen-bond donors (Lipinski definition) is 1. The highest BCUT2D eigenvalue weighted by molar-refractivity contribution is 5.91. The topological polar surface area (TPSA) is 56.1 Å². The third-order valence-corrected chi connectivity index (χ3v) is 5.91. The van der Waals surface area contributed by atoms with Gasteiger partial charge in [0.25, 0.3) is 0 Å². The van der Waals surface area contributed by atoms with E-state index >= 15 is 0 Å². The Morgan fingerprint density at radius 1 is 0.971 bits per heavy atom. The van der Waals surface area contributed by atoms with Crippen molar-refractivity contribution >= 4 is 23.0 Å². The molecule has 0 fully saturated rings. The molecule has 0 aliphatic carbocycles. The number of ether oxygens (including phenoxy) is 1. The Morgan fingerprint density at radius 2 is 1.80 bits per heavy atom. The summed E-state index contributed by atoms with van der Waals surface area (Å²) in [6.45, 7) is 4.10. The van der Waals surface area contributed by atoms with Crippen molar-refractivity contribution in [2.24, 2.45) is 0 Å². The normalized spacial score (nSPS) is 11.2. The summed E-state index contributed by atoms with van der Waals surface area (Å²) in [6, 6.07) is 26.3. The van der Waals surface area contributed by atoms with Crippen LogP contribution in [0.1, 0.15) is 36.2 Å². The van der Waals surface area contributed by atoms with Crippen molar-refractivity contribution in [1.82, 2.24) is 14.9 Å². The quantitative estimate of drug-likeness (QED) is 0.206. The number of para-hydroxylation sites is 2. The van der Waals surface area contributed by atoms with E-state index in [9.17, 15) is 4.79 Å². The fourth-order valence-electron chi connectivity index (χ4n) is 4.12. The minimum absolute atomic E-state index is 0.0516. The lowest BCUT2D eigenvalue weighted by Crippen LogP contribution is -2.22. The van der Waals surface area contributed by atoms with Crippen LogP contribution in [0.4, 0.5) is 0 Å². The van der Waals surface area contributed by atoms with Crippen LogP contribution in [0.2, 0.25) is 0 Å². The number of nitrogens with one attached hydrogen (secondary N) is 1. The van der Waals surface area contributed by atoms with Gasteiger partial charge in [0.05, 0.1) is 17.6 Å². The molecule has 4 aromatic rings. The summed E-state index contributed by atoms with van der Waals surface area (Å²) in [5.74, 6) is 1.94. The maximum absolute atomic E-state index is 12.0. The lowest BCUT2D eigenvalue weighted by molar-refractivity contribution is -0.116. The molecule has 4 rings (SSSR count). The van der Waals surface area contributed by atoms with Crippen LogP contribution in [0.3, 0.4) is 0 Å². The van der Waals surface area contributed by atoms with Gasteiger partial charge in [0.15, 0.2) is 0 Å². The van der Waals surface area contributed by atoms with E-state index in [0.717, 1.165) is 60.4 Å². The largest absolute Gasteiger partial charge is 0.492 e. The van der Waals surface area contributed by atoms with Crippen LogP contribution >= 0.6 is 0 Å². The van der Waals surface area contributed by atoms with Crippen LogP contribution in [0.25, 0.3) is 17.1 Å². The molecule has 5 nitrogen and oxygen atoms in total. The molecule has 35 heavy (non-hydrogen) atoms. The van der Waals surface area contributed by atoms with Crippen molar-refractivity contribution in [1.29, 1.82) is 0 Å². The molecule has 0 saturated heterocycles. The fourth-order valence-corrected chi connectivity index (χ4v) is 4.12. The zero-order valence-corrected chi connectivity index (χ0v) is 20.3. The first-order valence-corrected chi connectivity index (χ1v) is 12.3. The Labute approximate surface area is 207 Å². The summed E-state index contributed by atoms with van der Waals surface area (Å²) in [4.78, 5) is 16.9. The Balaban J connectivity index is 1.23. The minimum atomic E-state index is -0.0516. The van der Waals surface area contributed by atoms with Gasteiger partial charge in [-0.25, -0.2) is 4.98 Å². The van der Waals surface area contributed by atoms with E-state index in [-0.39, 0.29) is 5.91 Å². The Morgan fingerprint density at radius 3 is 2.66 bits per heavy atom. The van der Waals surface area contributed by atoms with Crippen molar-refractivity contribution in [3.8, 4) is 5.75 Å². The Bertz CT molecular complexity index is 1260. The number of fused-ring (bicyclic) bond motifs is 1. The van der Waals surface area contributed by atoms with Gasteiger partial charge < -0.3 is 14.6 Å². The summed E-state index contributed by atoms with van der Waals surface area (Å²) in [5, 5.41) is 2.97. The zero-order valence-electron chi connectivity index (χ0n) is 20.3. The molecule has 1 heterocycles. The second-order valence-corrected chi connectivity index (χ2v) is 8.68. The number of unbranched alkanes of at least 4 members (excludes halogenated alkanes) is 2. The van der Waals surface area contributed by atoms with E-state index < -0.39 is 0 Å². The molecule has 0 atom stereocenters. The molecule has 0 bridgehead atoms. The van der Waals surface area contributed by atoms with Gasteiger partial charge in [-0.05, 0) is 61.2 Å². The number of rotatable bonds is 12. The van der Waals surface area contributed by atoms with E-state index in [2.05, 4.69) is 47.1 Å². The van der Waals surface area contributed by atoms with Crippen molar-refractivity contribution in [3.05, 3.63) is 102 Å². The maximum Gasteiger partial charge on any atom is 0.243 e. The lowest BCUT2D eigenvalue weighted by atomic mass is 10.2. The molecule has 0 aliphatic rings. The molecule has 5 heteroatoms. The van der Waals surface area contributed by atoms with Gasteiger partial charge in [0, 0.05) is 19.0 Å². The predicted octanol–water partition coefficient (Wildman–Crippen LogP) is 5.97. The number of aryl methyl sites for hydroxylation is 2. The molecule has 0 unspecified atom stereocenters. The second-order valence-electron chi connectivity index (χ2n) is 8.68. The third-order valence-electron chi connectivity index (χ3n) is 5.91. The minimum Gasteiger partial charge on any atom is -0.492 e. The van der Waals surface area contributed by atoms with Crippen LogP contribution < -0.4 is 10.1 Å². The number of hydrogen-bond acceptors (Lipinski definition) is 3. The average Bonchev–Trinajstić information content (AvgIpc) is 3.23. The number of carbonyl (C=O) groups is 1. The van der Waals surface area contributed by atoms with Crippen molar-refractivity contribution < 1.29 is 9.53 Å². The summed E-state index contributed by atoms with van der Waals surface area (Å²) in [5.41, 5.74) is 4.39. The van der Waals surface area contributed by atoms with Gasteiger partial charge in [-0.1, -0.05) is 61.0 Å². The Kier molecular flexibility index (Phi) is 8.71. The van der Waals surface area contributed by atoms with Gasteiger partial charge in [0.1, 0.15) is 18.2 Å². The highest BCUT2D eigenvalue weighted by Gasteiger charge is 2.10. The van der Waals surface area contributed by atoms with Gasteiger partial charge in [0.2, 0.25) is 5.91 Å². The number of carbonyl (C=O) groups excluding carboxylic acids is 1. The highest BCUT2D eigenvalue weighted by Crippen LogP contribution is 2.19. The van der Waals surface area contributed by atoms with Crippen molar-refractivity contribution in [3.63, 3.8) is 0 Å². The first-order valence-electron chi connectivity index (χ1n) is 12.3. The van der Waals surface area contributed by atoms with Gasteiger partial charge in [-0.2, -0.15) is 0 Å². The van der Waals surface area contributed by atoms with Crippen molar-refractivity contribution in [2.75, 3.05) is 13.2 Å². The molecule has 0 saturated carbocycles. The zero-order chi connectivity index (χ0) is 24.3. The lowest BCUT2D eigenvalue weighted by Gasteiger charge is -2.11. The van der Waals surface area contributed by atoms with Crippen molar-refractivity contribution in [2.45, 2.75) is 39.2 Å². The molecule has 1 N–H and O–H groups in total. The van der Waals surface area contributed by atoms with Crippen LogP contribution in [-0.4, -0.2) is 28.6 Å². The number of imidazole rings is 1. The standard InChI is InChI=1S/C30H33N3O2/c1-24-11-10-14-26(23-24)35-22-21-33-28-16-8-7-15-27(28)32-29(33)17-6-3-9-20-31-30(34)19-18-25-12-4-2-5-13-25/h2,4-5,7-8,10-16,18-19,23H,3,6,9,17,20-22H2,1H3,(H,31,34)/b19-18+. The number of amides is 1. The van der Waals surface area contributed by atoms with Crippen LogP contribution in [0.15, 0.2) is 84.9 Å². The van der Waals surface area contributed by atoms with E-state index in [1.165, 1.54) is 5.56 Å². The van der Waals surface area contributed by atoms with E-state index in [1.54, 1.807) is 6.08 Å². The van der Waals surface area contributed by atoms with Crippen LogP contribution in [-0.2, 0) is 17.8 Å². The first-order chi connectivity index (χ1) is 17.2. The smallest absolute Gasteiger partial charge is 0.243 e. The van der Waals surface area contributed by atoms with E-state index in [0.29, 0.717) is 13.2 Å². The summed E-state index contributed by atoms with van der Waals surface area (Å²) < 4.78 is 8.28. The summed E-state index contributed by atoms with van der Waals surface area (Å²) >= 11 is 0. The molecule has 3 aromatic carbocycles. The van der Waals surface area contributed by atoms with Gasteiger partial charge in [-0.3, -0.25) is 4.79 Å². The highest BCUT2D eigenvalue weighted by atomic mass is 16.5. The summed E-state index contributed by atoms with van der Waals surface area (Å²) in [6.07, 6.45) is 7.34. The average molecular weight is 468 g/mol. The van der Waals surface area contributed by atoms with E-state index in [4.69, 9.17) is 9.72 Å². The van der Waals surface area contributed by atoms with Gasteiger partial charge in [-0.15, -0.1) is 0 Å². The molecule has 1 amide bonds. The molecule has 0 radical (unpaired) electrons. The molecular weight excluding hydrogens is 434 g/mol. The van der Waals surface area contributed by atoms with E-state index in [1.807, 2.05) is 54.6 Å².